The van der Waals surface area contributed by atoms with Crippen LogP contribution in [0.3, 0.4) is 0 Å². The quantitative estimate of drug-likeness (QED) is 0.777. The third-order valence-corrected chi connectivity index (χ3v) is 5.47. The van der Waals surface area contributed by atoms with E-state index in [2.05, 4.69) is 15.5 Å². The molecule has 2 saturated heterocycles. The van der Waals surface area contributed by atoms with E-state index in [1.807, 2.05) is 4.90 Å². The summed E-state index contributed by atoms with van der Waals surface area (Å²) in [6.45, 7) is 2.99. The van der Waals surface area contributed by atoms with Gasteiger partial charge in [0.25, 0.3) is 5.91 Å². The van der Waals surface area contributed by atoms with E-state index in [-0.39, 0.29) is 11.8 Å². The Bertz CT molecular complexity index is 837. The van der Waals surface area contributed by atoms with Crippen molar-refractivity contribution >= 4 is 17.5 Å². The second kappa shape index (κ2) is 6.64. The van der Waals surface area contributed by atoms with Crippen LogP contribution in [0.25, 0.3) is 5.65 Å². The Morgan fingerprint density at radius 2 is 2.19 bits per heavy atom. The molecule has 0 N–H and O–H groups in total. The van der Waals surface area contributed by atoms with Gasteiger partial charge in [0.1, 0.15) is 0 Å². The third kappa shape index (κ3) is 2.82. The molecule has 2 aliphatic rings. The summed E-state index contributed by atoms with van der Waals surface area (Å²) in [5.41, 5.74) is 0.678. The number of amides is 2. The van der Waals surface area contributed by atoms with Gasteiger partial charge in [-0.05, 0) is 41.8 Å². The lowest BCUT2D eigenvalue weighted by atomic mass is 9.78. The minimum absolute atomic E-state index is 0.0823. The summed E-state index contributed by atoms with van der Waals surface area (Å²) in [6, 6.07) is 3.45. The summed E-state index contributed by atoms with van der Waals surface area (Å²) >= 11 is 0. The molecular formula is C17H22N6O3. The molecule has 138 valence electrons. The molecule has 2 aromatic rings. The first kappa shape index (κ1) is 16.9. The maximum absolute atomic E-state index is 13.0. The number of hydrogen-bond acceptors (Lipinski definition) is 6. The molecule has 1 spiro atoms. The molecule has 4 rings (SSSR count). The summed E-state index contributed by atoms with van der Waals surface area (Å²) in [5.74, 6) is 0.0770. The molecule has 0 unspecified atom stereocenters. The highest BCUT2D eigenvalue weighted by atomic mass is 16.5. The van der Waals surface area contributed by atoms with E-state index in [4.69, 9.17) is 4.74 Å². The SMILES string of the molecule is COCCN1CCC[C@]2(CCN(C(=O)c3ccc4nnnn4c3)C2)C1=O. The van der Waals surface area contributed by atoms with Crippen molar-refractivity contribution < 1.29 is 14.3 Å². The Morgan fingerprint density at radius 1 is 1.31 bits per heavy atom. The highest BCUT2D eigenvalue weighted by Gasteiger charge is 2.49. The van der Waals surface area contributed by atoms with E-state index in [9.17, 15) is 9.59 Å². The number of carbonyl (C=O) groups excluding carboxylic acids is 2. The van der Waals surface area contributed by atoms with Gasteiger partial charge in [-0.1, -0.05) is 0 Å². The van der Waals surface area contributed by atoms with Crippen LogP contribution in [0.15, 0.2) is 18.3 Å². The van der Waals surface area contributed by atoms with Crippen LogP contribution in [-0.2, 0) is 9.53 Å². The summed E-state index contributed by atoms with van der Waals surface area (Å²) in [7, 11) is 1.64. The van der Waals surface area contributed by atoms with Gasteiger partial charge in [-0.3, -0.25) is 9.59 Å². The zero-order valence-corrected chi connectivity index (χ0v) is 14.8. The van der Waals surface area contributed by atoms with Crippen molar-refractivity contribution in [3.63, 3.8) is 0 Å². The Labute approximate surface area is 150 Å². The van der Waals surface area contributed by atoms with Crippen molar-refractivity contribution in [1.29, 1.82) is 0 Å². The standard InChI is InChI=1S/C17H22N6O3/c1-26-10-9-21-7-2-5-17(16(21)25)6-8-22(12-17)15(24)13-3-4-14-18-19-20-23(14)11-13/h3-4,11H,2,5-10,12H2,1H3/t17-/m1/s1. The molecule has 0 bridgehead atoms. The minimum Gasteiger partial charge on any atom is -0.383 e. The normalized spacial score (nSPS) is 23.3. The van der Waals surface area contributed by atoms with Crippen LogP contribution in [0.5, 0.6) is 0 Å². The van der Waals surface area contributed by atoms with Gasteiger partial charge in [-0.25, -0.2) is 0 Å². The molecular weight excluding hydrogens is 336 g/mol. The van der Waals surface area contributed by atoms with Crippen molar-refractivity contribution in [3.8, 4) is 0 Å². The lowest BCUT2D eigenvalue weighted by molar-refractivity contribution is -0.146. The van der Waals surface area contributed by atoms with Crippen molar-refractivity contribution in [2.75, 3.05) is 39.9 Å². The first-order valence-electron chi connectivity index (χ1n) is 8.88. The zero-order chi connectivity index (χ0) is 18.1. The average molecular weight is 358 g/mol. The number of nitrogens with zero attached hydrogens (tertiary/aromatic N) is 6. The lowest BCUT2D eigenvalue weighted by Gasteiger charge is -2.39. The number of likely N-dealkylation sites (tertiary alicyclic amines) is 2. The van der Waals surface area contributed by atoms with Gasteiger partial charge >= 0.3 is 0 Å². The fourth-order valence-electron chi connectivity index (χ4n) is 4.04. The van der Waals surface area contributed by atoms with Crippen LogP contribution in [-0.4, -0.2) is 81.6 Å². The Balaban J connectivity index is 1.50. The number of rotatable bonds is 4. The number of piperidine rings is 1. The smallest absolute Gasteiger partial charge is 0.255 e. The number of pyridine rings is 1. The minimum atomic E-state index is -0.444. The molecule has 26 heavy (non-hydrogen) atoms. The van der Waals surface area contributed by atoms with Crippen LogP contribution in [0.4, 0.5) is 0 Å². The maximum Gasteiger partial charge on any atom is 0.255 e. The van der Waals surface area contributed by atoms with E-state index in [1.54, 1.807) is 30.3 Å². The lowest BCUT2D eigenvalue weighted by Crippen LogP contribution is -2.51. The topological polar surface area (TPSA) is 92.9 Å². The third-order valence-electron chi connectivity index (χ3n) is 5.47. The van der Waals surface area contributed by atoms with E-state index in [0.717, 1.165) is 19.4 Å². The van der Waals surface area contributed by atoms with Crippen LogP contribution in [0.1, 0.15) is 29.6 Å². The molecule has 0 aliphatic carbocycles. The molecule has 9 nitrogen and oxygen atoms in total. The number of ether oxygens (including phenoxy) is 1. The Kier molecular flexibility index (Phi) is 4.31. The van der Waals surface area contributed by atoms with Crippen molar-refractivity contribution in [3.05, 3.63) is 23.9 Å². The monoisotopic (exact) mass is 358 g/mol. The number of fused-ring (bicyclic) bond motifs is 1. The fourth-order valence-corrected chi connectivity index (χ4v) is 4.04. The molecule has 2 aliphatic heterocycles. The number of hydrogen-bond donors (Lipinski definition) is 0. The molecule has 9 heteroatoms. The summed E-state index contributed by atoms with van der Waals surface area (Å²) in [6.07, 6.45) is 4.16. The van der Waals surface area contributed by atoms with E-state index in [0.29, 0.717) is 43.9 Å². The molecule has 0 aromatic carbocycles. The molecule has 0 radical (unpaired) electrons. The Hall–Kier alpha value is -2.55. The van der Waals surface area contributed by atoms with E-state index >= 15 is 0 Å². The van der Waals surface area contributed by atoms with Crippen LogP contribution >= 0.6 is 0 Å². The van der Waals surface area contributed by atoms with Gasteiger partial charge in [0.05, 0.1) is 17.6 Å². The average Bonchev–Trinajstić information content (AvgIpc) is 3.29. The molecule has 2 amide bonds. The zero-order valence-electron chi connectivity index (χ0n) is 14.8. The van der Waals surface area contributed by atoms with E-state index in [1.165, 1.54) is 4.52 Å². The molecule has 4 heterocycles. The van der Waals surface area contributed by atoms with E-state index < -0.39 is 5.41 Å². The predicted molar refractivity (Wildman–Crippen MR) is 91.4 cm³/mol. The second-order valence-corrected chi connectivity index (χ2v) is 7.05. The van der Waals surface area contributed by atoms with Gasteiger partial charge in [0, 0.05) is 39.5 Å². The van der Waals surface area contributed by atoms with Crippen molar-refractivity contribution in [2.45, 2.75) is 19.3 Å². The van der Waals surface area contributed by atoms with Crippen LogP contribution in [0.2, 0.25) is 0 Å². The summed E-state index contributed by atoms with van der Waals surface area (Å²) in [5, 5.41) is 11.3. The number of tetrazole rings is 1. The summed E-state index contributed by atoms with van der Waals surface area (Å²) in [4.78, 5) is 29.6. The van der Waals surface area contributed by atoms with Gasteiger partial charge in [0.15, 0.2) is 5.65 Å². The van der Waals surface area contributed by atoms with Crippen molar-refractivity contribution in [2.24, 2.45) is 5.41 Å². The fraction of sp³-hybridized carbons (Fsp3) is 0.588. The van der Waals surface area contributed by atoms with Gasteiger partial charge < -0.3 is 14.5 Å². The second-order valence-electron chi connectivity index (χ2n) is 7.05. The van der Waals surface area contributed by atoms with Crippen LogP contribution in [0, 0.1) is 5.41 Å². The molecule has 2 fully saturated rings. The number of carbonyl (C=O) groups is 2. The van der Waals surface area contributed by atoms with Crippen LogP contribution < -0.4 is 0 Å². The van der Waals surface area contributed by atoms with Crippen molar-refractivity contribution in [1.82, 2.24) is 29.8 Å². The molecule has 2 aromatic heterocycles. The first-order valence-corrected chi connectivity index (χ1v) is 8.88. The number of methoxy groups -OCH3 is 1. The molecule has 0 saturated carbocycles. The largest absolute Gasteiger partial charge is 0.383 e. The highest BCUT2D eigenvalue weighted by Crippen LogP contribution is 2.40. The maximum atomic E-state index is 13.0. The highest BCUT2D eigenvalue weighted by molar-refractivity contribution is 5.95. The number of aromatic nitrogens is 4. The predicted octanol–water partition coefficient (Wildman–Crippen LogP) is 0.225. The molecule has 1 atom stereocenters. The Morgan fingerprint density at radius 3 is 3.04 bits per heavy atom. The van der Waals surface area contributed by atoms with Gasteiger partial charge in [-0.2, -0.15) is 4.52 Å². The van der Waals surface area contributed by atoms with Gasteiger partial charge in [0.2, 0.25) is 5.91 Å². The first-order chi connectivity index (χ1) is 12.6. The van der Waals surface area contributed by atoms with Gasteiger partial charge in [-0.15, -0.1) is 5.10 Å². The summed E-state index contributed by atoms with van der Waals surface area (Å²) < 4.78 is 6.60.